The van der Waals surface area contributed by atoms with Crippen molar-refractivity contribution in [2.24, 2.45) is 10.8 Å². The highest BCUT2D eigenvalue weighted by Gasteiger charge is 2.63. The standard InChI is InChI=1S/C20H30N2O/c1-4-15-7-9-16(10-8-15)17-21-11-19(5-2)12-22(17)14-20(6-3,13-21)18(19)23/h7-10,17-18,23H,4-6,11-14H2,1-3H3. The van der Waals surface area contributed by atoms with Crippen molar-refractivity contribution < 1.29 is 5.11 Å². The molecule has 0 radical (unpaired) electrons. The molecule has 4 heterocycles. The highest BCUT2D eigenvalue weighted by Crippen LogP contribution is 2.56. The van der Waals surface area contributed by atoms with Gasteiger partial charge >= 0.3 is 0 Å². The SMILES string of the molecule is CCc1ccc(C2N3CC4(CC)CN2CC(CC)(C3)C4O)cc1. The zero-order valence-electron chi connectivity index (χ0n) is 14.8. The molecule has 4 saturated heterocycles. The van der Waals surface area contributed by atoms with Crippen molar-refractivity contribution in [2.45, 2.75) is 52.3 Å². The average Bonchev–Trinajstić information content (AvgIpc) is 2.58. The van der Waals surface area contributed by atoms with Crippen molar-refractivity contribution in [3.63, 3.8) is 0 Å². The molecule has 0 unspecified atom stereocenters. The molecule has 1 N–H and O–H groups in total. The minimum atomic E-state index is -0.138. The molecule has 0 atom stereocenters. The van der Waals surface area contributed by atoms with E-state index in [0.717, 1.165) is 45.4 Å². The second-order valence-electron chi connectivity index (χ2n) is 8.11. The number of hydrogen-bond acceptors (Lipinski definition) is 3. The molecule has 23 heavy (non-hydrogen) atoms. The number of aliphatic hydroxyl groups excluding tert-OH is 1. The molecule has 3 nitrogen and oxygen atoms in total. The summed E-state index contributed by atoms with van der Waals surface area (Å²) in [4.78, 5) is 5.29. The molecule has 4 aliphatic heterocycles. The minimum absolute atomic E-state index is 0.0758. The van der Waals surface area contributed by atoms with E-state index in [9.17, 15) is 5.11 Å². The van der Waals surface area contributed by atoms with Crippen molar-refractivity contribution in [2.75, 3.05) is 26.2 Å². The van der Waals surface area contributed by atoms with E-state index in [0.29, 0.717) is 6.17 Å². The Balaban J connectivity index is 1.69. The van der Waals surface area contributed by atoms with Crippen molar-refractivity contribution in [1.82, 2.24) is 9.80 Å². The van der Waals surface area contributed by atoms with Gasteiger partial charge in [-0.25, -0.2) is 0 Å². The average molecular weight is 314 g/mol. The van der Waals surface area contributed by atoms with Crippen LogP contribution >= 0.6 is 0 Å². The highest BCUT2D eigenvalue weighted by atomic mass is 16.3. The van der Waals surface area contributed by atoms with Crippen molar-refractivity contribution in [1.29, 1.82) is 0 Å². The number of hydrogen-bond donors (Lipinski definition) is 1. The van der Waals surface area contributed by atoms with Crippen LogP contribution in [-0.4, -0.2) is 47.2 Å². The second kappa shape index (κ2) is 5.30. The first-order valence-corrected chi connectivity index (χ1v) is 9.32. The number of piperidine rings is 2. The summed E-state index contributed by atoms with van der Waals surface area (Å²) >= 11 is 0. The van der Waals surface area contributed by atoms with Crippen LogP contribution in [0.2, 0.25) is 0 Å². The van der Waals surface area contributed by atoms with Crippen LogP contribution in [0.15, 0.2) is 24.3 Å². The number of aliphatic hydroxyl groups is 1. The first-order valence-electron chi connectivity index (χ1n) is 9.32. The van der Waals surface area contributed by atoms with Gasteiger partial charge in [0.15, 0.2) is 0 Å². The van der Waals surface area contributed by atoms with Crippen molar-refractivity contribution in [3.8, 4) is 0 Å². The van der Waals surface area contributed by atoms with E-state index < -0.39 is 0 Å². The van der Waals surface area contributed by atoms with E-state index in [-0.39, 0.29) is 16.9 Å². The summed E-state index contributed by atoms with van der Waals surface area (Å²) < 4.78 is 0. The maximum atomic E-state index is 11.1. The topological polar surface area (TPSA) is 26.7 Å². The first kappa shape index (κ1) is 15.6. The fourth-order valence-electron chi connectivity index (χ4n) is 5.58. The summed E-state index contributed by atoms with van der Waals surface area (Å²) in [5.74, 6) is 0. The van der Waals surface area contributed by atoms with Crippen LogP contribution < -0.4 is 0 Å². The van der Waals surface area contributed by atoms with Gasteiger partial charge in [-0.2, -0.15) is 0 Å². The lowest BCUT2D eigenvalue weighted by Gasteiger charge is -2.69. The summed E-state index contributed by atoms with van der Waals surface area (Å²) in [6, 6.07) is 9.20. The van der Waals surface area contributed by atoms with Crippen LogP contribution in [-0.2, 0) is 6.42 Å². The van der Waals surface area contributed by atoms with Gasteiger partial charge in [-0.3, -0.25) is 9.80 Å². The van der Waals surface area contributed by atoms with Crippen LogP contribution in [0.3, 0.4) is 0 Å². The molecule has 0 aliphatic carbocycles. The van der Waals surface area contributed by atoms with Gasteiger partial charge in [0.05, 0.1) is 12.3 Å². The predicted octanol–water partition coefficient (Wildman–Crippen LogP) is 3.05. The smallest absolute Gasteiger partial charge is 0.0887 e. The Morgan fingerprint density at radius 1 is 0.913 bits per heavy atom. The van der Waals surface area contributed by atoms with Crippen LogP contribution in [0, 0.1) is 10.8 Å². The molecule has 3 heteroatoms. The lowest BCUT2D eigenvalue weighted by atomic mass is 9.57. The van der Waals surface area contributed by atoms with Crippen LogP contribution in [0.4, 0.5) is 0 Å². The molecular weight excluding hydrogens is 284 g/mol. The zero-order valence-corrected chi connectivity index (χ0v) is 14.8. The van der Waals surface area contributed by atoms with Gasteiger partial charge in [0.1, 0.15) is 0 Å². The number of rotatable bonds is 4. The Hall–Kier alpha value is -0.900. The lowest BCUT2D eigenvalue weighted by molar-refractivity contribution is -0.266. The number of aryl methyl sites for hydroxylation is 1. The van der Waals surface area contributed by atoms with E-state index in [1.54, 1.807) is 0 Å². The fraction of sp³-hybridized carbons (Fsp3) is 0.700. The van der Waals surface area contributed by atoms with Gasteiger partial charge in [-0.05, 0) is 30.4 Å². The Labute approximate surface area is 140 Å². The maximum Gasteiger partial charge on any atom is 0.0887 e. The fourth-order valence-corrected chi connectivity index (χ4v) is 5.58. The monoisotopic (exact) mass is 314 g/mol. The zero-order chi connectivity index (χ0) is 16.2. The molecule has 4 fully saturated rings. The molecule has 0 saturated carbocycles. The summed E-state index contributed by atoms with van der Waals surface area (Å²) in [6.45, 7) is 10.9. The third-order valence-electron chi connectivity index (χ3n) is 7.02. The summed E-state index contributed by atoms with van der Waals surface area (Å²) in [6.07, 6.45) is 3.52. The Kier molecular flexibility index (Phi) is 3.60. The number of nitrogens with zero attached hydrogens (tertiary/aromatic N) is 2. The van der Waals surface area contributed by atoms with Crippen LogP contribution in [0.25, 0.3) is 0 Å². The normalized spacial score (nSPS) is 44.7. The van der Waals surface area contributed by atoms with Gasteiger partial charge in [0.2, 0.25) is 0 Å². The molecule has 1 aromatic carbocycles. The molecule has 4 bridgehead atoms. The third kappa shape index (κ3) is 2.06. The van der Waals surface area contributed by atoms with E-state index in [4.69, 9.17) is 0 Å². The van der Waals surface area contributed by atoms with Gasteiger partial charge < -0.3 is 5.11 Å². The minimum Gasteiger partial charge on any atom is -0.392 e. The van der Waals surface area contributed by atoms with E-state index in [1.165, 1.54) is 11.1 Å². The second-order valence-corrected chi connectivity index (χ2v) is 8.11. The van der Waals surface area contributed by atoms with Crippen LogP contribution in [0.1, 0.15) is 50.9 Å². The Bertz CT molecular complexity index is 542. The molecule has 4 aliphatic rings. The van der Waals surface area contributed by atoms with E-state index in [2.05, 4.69) is 54.8 Å². The van der Waals surface area contributed by atoms with Crippen molar-refractivity contribution >= 4 is 0 Å². The van der Waals surface area contributed by atoms with Gasteiger partial charge in [0, 0.05) is 37.0 Å². The Morgan fingerprint density at radius 2 is 1.39 bits per heavy atom. The predicted molar refractivity (Wildman–Crippen MR) is 93.2 cm³/mol. The lowest BCUT2D eigenvalue weighted by Crippen LogP contribution is -2.78. The van der Waals surface area contributed by atoms with Gasteiger partial charge in [-0.15, -0.1) is 0 Å². The first-order chi connectivity index (χ1) is 11.1. The molecule has 5 rings (SSSR count). The Morgan fingerprint density at radius 3 is 1.78 bits per heavy atom. The largest absolute Gasteiger partial charge is 0.392 e. The molecule has 0 amide bonds. The molecule has 1 aromatic rings. The number of benzene rings is 1. The summed E-state index contributed by atoms with van der Waals surface area (Å²) in [7, 11) is 0. The highest BCUT2D eigenvalue weighted by molar-refractivity contribution is 5.28. The summed E-state index contributed by atoms with van der Waals surface area (Å²) in [5.41, 5.74) is 2.99. The van der Waals surface area contributed by atoms with Crippen molar-refractivity contribution in [3.05, 3.63) is 35.4 Å². The van der Waals surface area contributed by atoms with Gasteiger partial charge in [-0.1, -0.05) is 45.0 Å². The third-order valence-corrected chi connectivity index (χ3v) is 7.02. The van der Waals surface area contributed by atoms with Gasteiger partial charge in [0.25, 0.3) is 0 Å². The molecule has 0 spiro atoms. The van der Waals surface area contributed by atoms with E-state index in [1.807, 2.05) is 0 Å². The molecule has 0 aromatic heterocycles. The maximum absolute atomic E-state index is 11.1. The summed E-state index contributed by atoms with van der Waals surface area (Å²) in [5, 5.41) is 11.1. The van der Waals surface area contributed by atoms with Crippen LogP contribution in [0.5, 0.6) is 0 Å². The molecular formula is C20H30N2O. The van der Waals surface area contributed by atoms with E-state index >= 15 is 0 Å². The molecule has 126 valence electrons. The quantitative estimate of drug-likeness (QED) is 0.925.